The third-order valence-corrected chi connectivity index (χ3v) is 3.95. The van der Waals surface area contributed by atoms with Crippen LogP contribution in [0.1, 0.15) is 37.2 Å². The highest BCUT2D eigenvalue weighted by Gasteiger charge is 2.27. The van der Waals surface area contributed by atoms with Gasteiger partial charge in [0.05, 0.1) is 5.02 Å². The van der Waals surface area contributed by atoms with Gasteiger partial charge < -0.3 is 5.73 Å². The number of carbonyl (C=O) groups is 1. The van der Waals surface area contributed by atoms with Crippen molar-refractivity contribution in [2.45, 2.75) is 31.6 Å². The number of rotatable bonds is 2. The summed E-state index contributed by atoms with van der Waals surface area (Å²) in [6.07, 6.45) is 3.23. The maximum atomic E-state index is 13.3. The molecule has 4 heteroatoms. The summed E-state index contributed by atoms with van der Waals surface area (Å²) in [5, 5.41) is 0.218. The Bertz CT molecular complexity index is 427. The summed E-state index contributed by atoms with van der Waals surface area (Å²) in [7, 11) is 0. The first-order chi connectivity index (χ1) is 8.09. The topological polar surface area (TPSA) is 43.1 Å². The van der Waals surface area contributed by atoms with Crippen molar-refractivity contribution in [2.24, 2.45) is 11.7 Å². The molecule has 0 bridgehead atoms. The van der Waals surface area contributed by atoms with Crippen LogP contribution in [0, 0.1) is 11.7 Å². The van der Waals surface area contributed by atoms with Crippen LogP contribution < -0.4 is 5.73 Å². The molecule has 1 aromatic carbocycles. The Morgan fingerprint density at radius 2 is 1.94 bits per heavy atom. The average molecular weight is 256 g/mol. The van der Waals surface area contributed by atoms with E-state index in [1.165, 1.54) is 6.07 Å². The molecule has 1 amide bonds. The van der Waals surface area contributed by atoms with E-state index in [-0.39, 0.29) is 28.6 Å². The molecule has 2 nitrogen and oxygen atoms in total. The smallest absolute Gasteiger partial charge is 0.220 e. The number of hydrogen-bond acceptors (Lipinski definition) is 1. The van der Waals surface area contributed by atoms with Crippen LogP contribution in [-0.2, 0) is 4.79 Å². The van der Waals surface area contributed by atoms with E-state index in [1.54, 1.807) is 6.07 Å². The molecular weight excluding hydrogens is 241 g/mol. The number of primary amides is 1. The van der Waals surface area contributed by atoms with E-state index in [2.05, 4.69) is 0 Å². The number of hydrogen-bond donors (Lipinski definition) is 1. The molecule has 0 spiro atoms. The second-order valence-electron chi connectivity index (χ2n) is 4.59. The molecule has 2 N–H and O–H groups in total. The van der Waals surface area contributed by atoms with Gasteiger partial charge in [0.2, 0.25) is 5.91 Å². The number of amides is 1. The number of halogens is 2. The molecule has 1 aliphatic rings. The Morgan fingerprint density at radius 3 is 2.53 bits per heavy atom. The van der Waals surface area contributed by atoms with Crippen LogP contribution in [0.25, 0.3) is 0 Å². The van der Waals surface area contributed by atoms with Gasteiger partial charge >= 0.3 is 0 Å². The minimum Gasteiger partial charge on any atom is -0.369 e. The molecule has 0 atom stereocenters. The summed E-state index contributed by atoms with van der Waals surface area (Å²) >= 11 is 5.96. The second-order valence-corrected chi connectivity index (χ2v) is 4.97. The molecule has 1 aromatic rings. The molecule has 2 rings (SSSR count). The molecule has 0 aromatic heterocycles. The van der Waals surface area contributed by atoms with E-state index in [9.17, 15) is 9.18 Å². The lowest BCUT2D eigenvalue weighted by atomic mass is 9.78. The molecule has 0 radical (unpaired) electrons. The van der Waals surface area contributed by atoms with Crippen molar-refractivity contribution >= 4 is 17.5 Å². The van der Waals surface area contributed by atoms with Crippen molar-refractivity contribution in [3.05, 3.63) is 34.6 Å². The summed E-state index contributed by atoms with van der Waals surface area (Å²) in [6, 6.07) is 4.90. The third-order valence-electron chi connectivity index (χ3n) is 3.55. The van der Waals surface area contributed by atoms with Crippen LogP contribution in [0.3, 0.4) is 0 Å². The minimum absolute atomic E-state index is 0.0291. The summed E-state index contributed by atoms with van der Waals surface area (Å²) in [5.41, 5.74) is 6.14. The van der Waals surface area contributed by atoms with Crippen molar-refractivity contribution in [1.82, 2.24) is 0 Å². The highest BCUT2D eigenvalue weighted by Crippen LogP contribution is 2.39. The van der Waals surface area contributed by atoms with E-state index in [0.29, 0.717) is 0 Å². The average Bonchev–Trinajstić information content (AvgIpc) is 2.33. The minimum atomic E-state index is -0.374. The molecule has 0 saturated heterocycles. The molecule has 1 saturated carbocycles. The van der Waals surface area contributed by atoms with Crippen molar-refractivity contribution in [3.63, 3.8) is 0 Å². The molecule has 92 valence electrons. The maximum Gasteiger partial charge on any atom is 0.220 e. The fourth-order valence-electron chi connectivity index (χ4n) is 2.52. The lowest BCUT2D eigenvalue weighted by molar-refractivity contribution is -0.122. The first-order valence-electron chi connectivity index (χ1n) is 5.83. The first-order valence-corrected chi connectivity index (χ1v) is 6.20. The zero-order valence-corrected chi connectivity index (χ0v) is 10.2. The molecular formula is C13H15ClFNO. The van der Waals surface area contributed by atoms with Gasteiger partial charge in [-0.15, -0.1) is 0 Å². The normalized spacial score (nSPS) is 24.6. The largest absolute Gasteiger partial charge is 0.369 e. The predicted molar refractivity (Wildman–Crippen MR) is 65.3 cm³/mol. The highest BCUT2D eigenvalue weighted by atomic mass is 35.5. The number of nitrogens with two attached hydrogens (primary N) is 1. The van der Waals surface area contributed by atoms with Gasteiger partial charge in [0, 0.05) is 5.92 Å². The van der Waals surface area contributed by atoms with E-state index in [1.807, 2.05) is 6.07 Å². The quantitative estimate of drug-likeness (QED) is 0.866. The number of benzene rings is 1. The summed E-state index contributed by atoms with van der Waals surface area (Å²) in [5.74, 6) is -0.387. The van der Waals surface area contributed by atoms with Crippen molar-refractivity contribution in [2.75, 3.05) is 0 Å². The van der Waals surface area contributed by atoms with Crippen LogP contribution >= 0.6 is 11.6 Å². The molecule has 0 heterocycles. The Morgan fingerprint density at radius 1 is 1.29 bits per heavy atom. The van der Waals surface area contributed by atoms with Crippen molar-refractivity contribution in [3.8, 4) is 0 Å². The molecule has 0 aliphatic heterocycles. The van der Waals surface area contributed by atoms with Gasteiger partial charge in [-0.3, -0.25) is 4.79 Å². The summed E-state index contributed by atoms with van der Waals surface area (Å²) in [4.78, 5) is 11.1. The van der Waals surface area contributed by atoms with E-state index in [0.717, 1.165) is 31.2 Å². The molecule has 0 unspecified atom stereocenters. The standard InChI is InChI=1S/C13H15ClFNO/c14-12-10(2-1-3-11(12)15)8-4-6-9(7-5-8)13(16)17/h1-3,8-9H,4-7H2,(H2,16,17). The van der Waals surface area contributed by atoms with E-state index in [4.69, 9.17) is 17.3 Å². The summed E-state index contributed by atoms with van der Waals surface area (Å²) < 4.78 is 13.3. The zero-order chi connectivity index (χ0) is 12.4. The highest BCUT2D eigenvalue weighted by molar-refractivity contribution is 6.31. The Labute approximate surface area is 105 Å². The maximum absolute atomic E-state index is 13.3. The van der Waals surface area contributed by atoms with E-state index < -0.39 is 0 Å². The van der Waals surface area contributed by atoms with Crippen LogP contribution in [0.4, 0.5) is 4.39 Å². The van der Waals surface area contributed by atoms with Crippen molar-refractivity contribution < 1.29 is 9.18 Å². The lowest BCUT2D eigenvalue weighted by Gasteiger charge is -2.27. The van der Waals surface area contributed by atoms with Crippen molar-refractivity contribution in [1.29, 1.82) is 0 Å². The van der Waals surface area contributed by atoms with Crippen LogP contribution in [0.15, 0.2) is 18.2 Å². The Balaban J connectivity index is 2.10. The van der Waals surface area contributed by atoms with Gasteiger partial charge in [0.25, 0.3) is 0 Å². The van der Waals surface area contributed by atoms with Gasteiger partial charge in [-0.2, -0.15) is 0 Å². The van der Waals surface area contributed by atoms with Gasteiger partial charge in [-0.25, -0.2) is 4.39 Å². The zero-order valence-electron chi connectivity index (χ0n) is 9.46. The van der Waals surface area contributed by atoms with Gasteiger partial charge in [0.15, 0.2) is 0 Å². The van der Waals surface area contributed by atoms with E-state index >= 15 is 0 Å². The summed E-state index contributed by atoms with van der Waals surface area (Å²) in [6.45, 7) is 0. The molecule has 1 aliphatic carbocycles. The monoisotopic (exact) mass is 255 g/mol. The lowest BCUT2D eigenvalue weighted by Crippen LogP contribution is -2.27. The fraction of sp³-hybridized carbons (Fsp3) is 0.462. The number of carbonyl (C=O) groups excluding carboxylic acids is 1. The second kappa shape index (κ2) is 5.05. The van der Waals surface area contributed by atoms with Gasteiger partial charge in [-0.05, 0) is 43.2 Å². The SMILES string of the molecule is NC(=O)C1CCC(c2cccc(F)c2Cl)CC1. The van der Waals surface area contributed by atoms with Crippen LogP contribution in [0.2, 0.25) is 5.02 Å². The first kappa shape index (κ1) is 12.4. The fourth-order valence-corrected chi connectivity index (χ4v) is 2.81. The Kier molecular flexibility index (Phi) is 3.67. The van der Waals surface area contributed by atoms with Gasteiger partial charge in [-0.1, -0.05) is 23.7 Å². The van der Waals surface area contributed by atoms with Crippen LogP contribution in [0.5, 0.6) is 0 Å². The predicted octanol–water partition coefficient (Wildman–Crippen LogP) is 3.24. The third kappa shape index (κ3) is 2.60. The van der Waals surface area contributed by atoms with Crippen LogP contribution in [-0.4, -0.2) is 5.91 Å². The molecule has 17 heavy (non-hydrogen) atoms. The molecule has 1 fully saturated rings. The Hall–Kier alpha value is -1.09. The van der Waals surface area contributed by atoms with Gasteiger partial charge in [0.1, 0.15) is 5.82 Å².